The molecule has 0 saturated heterocycles. The summed E-state index contributed by atoms with van der Waals surface area (Å²) in [7, 11) is 1.57. The molecule has 3 rings (SSSR count). The van der Waals surface area contributed by atoms with Gasteiger partial charge in [-0.25, -0.2) is 4.79 Å². The highest BCUT2D eigenvalue weighted by Gasteiger charge is 2.25. The summed E-state index contributed by atoms with van der Waals surface area (Å²) < 4.78 is 16.1. The van der Waals surface area contributed by atoms with E-state index >= 15 is 0 Å². The zero-order valence-electron chi connectivity index (χ0n) is 17.8. The number of amides is 1. The van der Waals surface area contributed by atoms with Crippen LogP contribution in [0.15, 0.2) is 72.8 Å². The Hall–Kier alpha value is -3.80. The molecule has 0 spiro atoms. The second-order valence-corrected chi connectivity index (χ2v) is 7.05. The minimum Gasteiger partial charge on any atom is -0.497 e. The number of anilines is 1. The molecule has 0 radical (unpaired) electrons. The van der Waals surface area contributed by atoms with Crippen LogP contribution >= 0.6 is 0 Å². The molecule has 0 unspecified atom stereocenters. The van der Waals surface area contributed by atoms with E-state index in [1.54, 1.807) is 55.6 Å². The van der Waals surface area contributed by atoms with Crippen LogP contribution in [-0.2, 0) is 14.3 Å². The molecule has 1 atom stereocenters. The van der Waals surface area contributed by atoms with E-state index in [1.807, 2.05) is 38.1 Å². The number of nitrogens with one attached hydrogen (secondary N) is 1. The van der Waals surface area contributed by atoms with Crippen molar-refractivity contribution in [2.75, 3.05) is 19.0 Å². The highest BCUT2D eigenvalue weighted by atomic mass is 16.6. The van der Waals surface area contributed by atoms with Gasteiger partial charge in [-0.1, -0.05) is 42.5 Å². The lowest BCUT2D eigenvalue weighted by molar-refractivity contribution is -0.156. The van der Waals surface area contributed by atoms with Gasteiger partial charge < -0.3 is 19.5 Å². The van der Waals surface area contributed by atoms with Crippen molar-refractivity contribution in [3.05, 3.63) is 89.5 Å². The van der Waals surface area contributed by atoms with Crippen molar-refractivity contribution < 1.29 is 23.8 Å². The fourth-order valence-corrected chi connectivity index (χ4v) is 2.95. The smallest absolute Gasteiger partial charge is 0.345 e. The normalized spacial score (nSPS) is 11.3. The van der Waals surface area contributed by atoms with Crippen LogP contribution < -0.4 is 14.8 Å². The molecule has 3 aromatic rings. The van der Waals surface area contributed by atoms with E-state index < -0.39 is 18.0 Å². The number of carbonyl (C=O) groups is 2. The van der Waals surface area contributed by atoms with Crippen molar-refractivity contribution in [3.63, 3.8) is 0 Å². The van der Waals surface area contributed by atoms with Crippen molar-refractivity contribution in [2.24, 2.45) is 0 Å². The van der Waals surface area contributed by atoms with E-state index in [-0.39, 0.29) is 6.61 Å². The number of benzene rings is 3. The van der Waals surface area contributed by atoms with E-state index in [9.17, 15) is 9.59 Å². The molecule has 0 fully saturated rings. The first kappa shape index (κ1) is 21.9. The van der Waals surface area contributed by atoms with E-state index in [2.05, 4.69) is 5.32 Å². The van der Waals surface area contributed by atoms with Crippen molar-refractivity contribution >= 4 is 17.6 Å². The summed E-state index contributed by atoms with van der Waals surface area (Å²) in [5.41, 5.74) is 3.18. The lowest BCUT2D eigenvalue weighted by Crippen LogP contribution is -2.28. The summed E-state index contributed by atoms with van der Waals surface area (Å²) in [6.45, 7) is 3.52. The third-order valence-electron chi connectivity index (χ3n) is 4.66. The van der Waals surface area contributed by atoms with Crippen LogP contribution in [0.25, 0.3) is 0 Å². The first-order valence-electron chi connectivity index (χ1n) is 9.85. The predicted molar refractivity (Wildman–Crippen MR) is 118 cm³/mol. The molecule has 1 N–H and O–H groups in total. The minimum absolute atomic E-state index is 0.327. The third-order valence-corrected chi connectivity index (χ3v) is 4.66. The SMILES string of the molecule is COc1ccc(OCC(=O)O[C@@H](C(=O)Nc2cc(C)ccc2C)c2ccccc2)cc1. The second-order valence-electron chi connectivity index (χ2n) is 7.05. The van der Waals surface area contributed by atoms with Gasteiger partial charge in [0.1, 0.15) is 11.5 Å². The summed E-state index contributed by atoms with van der Waals surface area (Å²) in [5.74, 6) is 0.0921. The molecule has 160 valence electrons. The average molecular weight is 419 g/mol. The molecular weight excluding hydrogens is 394 g/mol. The van der Waals surface area contributed by atoms with Crippen LogP contribution in [0.3, 0.4) is 0 Å². The van der Waals surface area contributed by atoms with Gasteiger partial charge in [0.05, 0.1) is 7.11 Å². The standard InChI is InChI=1S/C25H25NO5/c1-17-9-10-18(2)22(15-17)26-25(28)24(19-7-5-4-6-8-19)31-23(27)16-30-21-13-11-20(29-3)12-14-21/h4-15,24H,16H2,1-3H3,(H,26,28)/t24-/m1/s1. The van der Waals surface area contributed by atoms with E-state index in [1.165, 1.54) is 0 Å². The Morgan fingerprint density at radius 3 is 2.26 bits per heavy atom. The Kier molecular flexibility index (Phi) is 7.27. The molecule has 0 saturated carbocycles. The zero-order valence-corrected chi connectivity index (χ0v) is 17.8. The van der Waals surface area contributed by atoms with E-state index in [0.29, 0.717) is 22.7 Å². The molecule has 3 aromatic carbocycles. The van der Waals surface area contributed by atoms with Crippen LogP contribution in [0.5, 0.6) is 11.5 Å². The topological polar surface area (TPSA) is 73.9 Å². The van der Waals surface area contributed by atoms with Gasteiger partial charge in [-0.15, -0.1) is 0 Å². The van der Waals surface area contributed by atoms with Crippen LogP contribution in [0.2, 0.25) is 0 Å². The molecule has 6 nitrogen and oxygen atoms in total. The number of rotatable bonds is 8. The van der Waals surface area contributed by atoms with Crippen molar-refractivity contribution in [1.29, 1.82) is 0 Å². The van der Waals surface area contributed by atoms with Gasteiger partial charge in [0, 0.05) is 11.3 Å². The second kappa shape index (κ2) is 10.3. The number of methoxy groups -OCH3 is 1. The maximum absolute atomic E-state index is 13.0. The van der Waals surface area contributed by atoms with Crippen LogP contribution in [-0.4, -0.2) is 25.6 Å². The summed E-state index contributed by atoms with van der Waals surface area (Å²) in [6.07, 6.45) is -1.10. The maximum atomic E-state index is 13.0. The van der Waals surface area contributed by atoms with Gasteiger partial charge in [0.25, 0.3) is 5.91 Å². The highest BCUT2D eigenvalue weighted by Crippen LogP contribution is 2.23. The zero-order chi connectivity index (χ0) is 22.2. The molecule has 0 aliphatic rings. The lowest BCUT2D eigenvalue weighted by atomic mass is 10.1. The first-order chi connectivity index (χ1) is 15.0. The Morgan fingerprint density at radius 1 is 0.903 bits per heavy atom. The highest BCUT2D eigenvalue weighted by molar-refractivity contribution is 5.96. The summed E-state index contributed by atoms with van der Waals surface area (Å²) in [5, 5.41) is 2.87. The van der Waals surface area contributed by atoms with Crippen molar-refractivity contribution in [1.82, 2.24) is 0 Å². The number of hydrogen-bond donors (Lipinski definition) is 1. The fraction of sp³-hybridized carbons (Fsp3) is 0.200. The summed E-state index contributed by atoms with van der Waals surface area (Å²) in [4.78, 5) is 25.5. The summed E-state index contributed by atoms with van der Waals surface area (Å²) in [6, 6.07) is 21.5. The Balaban J connectivity index is 1.70. The molecular formula is C25H25NO5. The molecule has 0 bridgehead atoms. The van der Waals surface area contributed by atoms with Crippen molar-refractivity contribution in [3.8, 4) is 11.5 Å². The molecule has 6 heteroatoms. The Morgan fingerprint density at radius 2 is 1.58 bits per heavy atom. The van der Waals surface area contributed by atoms with Gasteiger partial charge >= 0.3 is 5.97 Å². The first-order valence-corrected chi connectivity index (χ1v) is 9.85. The van der Waals surface area contributed by atoms with Gasteiger partial charge in [-0.05, 0) is 55.3 Å². The predicted octanol–water partition coefficient (Wildman–Crippen LogP) is 4.61. The Labute approximate surface area is 181 Å². The van der Waals surface area contributed by atoms with E-state index in [4.69, 9.17) is 14.2 Å². The molecule has 0 aromatic heterocycles. The van der Waals surface area contributed by atoms with Crippen molar-refractivity contribution in [2.45, 2.75) is 20.0 Å². The molecule has 0 aliphatic carbocycles. The number of hydrogen-bond acceptors (Lipinski definition) is 5. The van der Waals surface area contributed by atoms with Gasteiger partial charge in [-0.3, -0.25) is 4.79 Å². The molecule has 0 heterocycles. The number of esters is 1. The number of carbonyl (C=O) groups excluding carboxylic acids is 2. The average Bonchev–Trinajstić information content (AvgIpc) is 2.79. The minimum atomic E-state index is -1.10. The van der Waals surface area contributed by atoms with Crippen LogP contribution in [0.1, 0.15) is 22.8 Å². The lowest BCUT2D eigenvalue weighted by Gasteiger charge is -2.19. The fourth-order valence-electron chi connectivity index (χ4n) is 2.95. The van der Waals surface area contributed by atoms with Gasteiger partial charge in [-0.2, -0.15) is 0 Å². The third kappa shape index (κ3) is 6.09. The van der Waals surface area contributed by atoms with Gasteiger partial charge in [0.15, 0.2) is 6.61 Å². The maximum Gasteiger partial charge on any atom is 0.345 e. The number of aryl methyl sites for hydroxylation is 2. The molecule has 0 aliphatic heterocycles. The van der Waals surface area contributed by atoms with E-state index in [0.717, 1.165) is 11.1 Å². The van der Waals surface area contributed by atoms with Crippen LogP contribution in [0, 0.1) is 13.8 Å². The molecule has 1 amide bonds. The Bertz CT molecular complexity index is 1030. The molecule has 31 heavy (non-hydrogen) atoms. The monoisotopic (exact) mass is 419 g/mol. The summed E-state index contributed by atoms with van der Waals surface area (Å²) >= 11 is 0. The number of ether oxygens (including phenoxy) is 3. The largest absolute Gasteiger partial charge is 0.497 e. The quantitative estimate of drug-likeness (QED) is 0.540. The van der Waals surface area contributed by atoms with Gasteiger partial charge in [0.2, 0.25) is 6.10 Å². The van der Waals surface area contributed by atoms with Crippen LogP contribution in [0.4, 0.5) is 5.69 Å².